The highest BCUT2D eigenvalue weighted by atomic mass is 35.5. The van der Waals surface area contributed by atoms with Crippen molar-refractivity contribution in [1.29, 1.82) is 5.41 Å². The van der Waals surface area contributed by atoms with Crippen LogP contribution in [0, 0.1) is 11.2 Å². The van der Waals surface area contributed by atoms with Crippen LogP contribution in [-0.4, -0.2) is 64.9 Å². The van der Waals surface area contributed by atoms with Crippen LogP contribution in [0.5, 0.6) is 0 Å². The molecule has 0 saturated carbocycles. The van der Waals surface area contributed by atoms with E-state index in [2.05, 4.69) is 18.3 Å². The van der Waals surface area contributed by atoms with Gasteiger partial charge in [-0.1, -0.05) is 35.9 Å². The van der Waals surface area contributed by atoms with Gasteiger partial charge in [-0.2, -0.15) is 5.10 Å². The van der Waals surface area contributed by atoms with Crippen LogP contribution in [0.1, 0.15) is 55.4 Å². The maximum absolute atomic E-state index is 14.1. The second-order valence-corrected chi connectivity index (χ2v) is 10.6. The van der Waals surface area contributed by atoms with Crippen molar-refractivity contribution in [3.63, 3.8) is 0 Å². The van der Waals surface area contributed by atoms with Gasteiger partial charge in [0.15, 0.2) is 0 Å². The Hall–Kier alpha value is -2.94. The molecule has 0 aliphatic carbocycles. The average Bonchev–Trinajstić information content (AvgIpc) is 3.41. The normalized spacial score (nSPS) is 16.2. The lowest BCUT2D eigenvalue weighted by Crippen LogP contribution is -2.40. The number of hydrogen-bond donors (Lipinski definition) is 1. The number of ether oxygens (including phenoxy) is 1. The summed E-state index contributed by atoms with van der Waals surface area (Å²) < 4.78 is 22.1. The van der Waals surface area contributed by atoms with Gasteiger partial charge in [0, 0.05) is 54.3 Å². The quantitative estimate of drug-likeness (QED) is 0.134. The van der Waals surface area contributed by atoms with Crippen molar-refractivity contribution in [2.75, 3.05) is 33.7 Å². The maximum Gasteiger partial charge on any atom is 0.223 e. The number of amides is 1. The number of allylic oxidation sites excluding steroid dienone is 3. The van der Waals surface area contributed by atoms with Gasteiger partial charge in [0.25, 0.3) is 0 Å². The molecular formula is C29H36Cl2FN5O2. The SMILES string of the molecule is C=CC(=N)/C(=C\C(C=C)c1cnn(C2CCN(C(=O)CCN(C)C)CC2)c1)OC(C)c1c(Cl)ccc(F)c1Cl. The number of benzene rings is 1. The Morgan fingerprint density at radius 1 is 1.31 bits per heavy atom. The highest BCUT2D eigenvalue weighted by molar-refractivity contribution is 6.36. The van der Waals surface area contributed by atoms with Crippen molar-refractivity contribution in [3.05, 3.63) is 88.7 Å². The summed E-state index contributed by atoms with van der Waals surface area (Å²) >= 11 is 12.4. The minimum Gasteiger partial charge on any atom is -0.484 e. The molecule has 39 heavy (non-hydrogen) atoms. The molecule has 3 rings (SSSR count). The molecular weight excluding hydrogens is 540 g/mol. The molecule has 1 N–H and O–H groups in total. The number of nitrogens with zero attached hydrogens (tertiary/aromatic N) is 4. The first-order valence-electron chi connectivity index (χ1n) is 12.9. The molecule has 2 unspecified atom stereocenters. The minimum atomic E-state index is -0.731. The van der Waals surface area contributed by atoms with E-state index in [0.717, 1.165) is 24.9 Å². The van der Waals surface area contributed by atoms with Crippen LogP contribution in [0.15, 0.2) is 61.7 Å². The topological polar surface area (TPSA) is 74.5 Å². The predicted molar refractivity (Wildman–Crippen MR) is 155 cm³/mol. The summed E-state index contributed by atoms with van der Waals surface area (Å²) in [6, 6.07) is 2.80. The lowest BCUT2D eigenvalue weighted by atomic mass is 10.0. The Labute approximate surface area is 240 Å². The van der Waals surface area contributed by atoms with Gasteiger partial charge in [0.05, 0.1) is 23.0 Å². The van der Waals surface area contributed by atoms with Crippen molar-refractivity contribution in [1.82, 2.24) is 19.6 Å². The Morgan fingerprint density at radius 3 is 2.62 bits per heavy atom. The first kappa shape index (κ1) is 30.6. The third-order valence-electron chi connectivity index (χ3n) is 6.81. The van der Waals surface area contributed by atoms with E-state index < -0.39 is 11.9 Å². The molecule has 2 aromatic rings. The molecule has 1 fully saturated rings. The third-order valence-corrected chi connectivity index (χ3v) is 7.53. The van der Waals surface area contributed by atoms with Gasteiger partial charge in [-0.3, -0.25) is 14.9 Å². The molecule has 210 valence electrons. The highest BCUT2D eigenvalue weighted by Gasteiger charge is 2.25. The molecule has 7 nitrogen and oxygen atoms in total. The summed E-state index contributed by atoms with van der Waals surface area (Å²) in [6.45, 7) is 11.5. The van der Waals surface area contributed by atoms with Crippen LogP contribution < -0.4 is 0 Å². The number of piperidine rings is 1. The van der Waals surface area contributed by atoms with Gasteiger partial charge in [0.1, 0.15) is 17.7 Å². The smallest absolute Gasteiger partial charge is 0.223 e. The fourth-order valence-electron chi connectivity index (χ4n) is 4.50. The molecule has 0 spiro atoms. The highest BCUT2D eigenvalue weighted by Crippen LogP contribution is 2.36. The second kappa shape index (κ2) is 13.9. The molecule has 0 radical (unpaired) electrons. The standard InChI is InChI=1S/C29H36Cl2FN5O2/c1-6-20(16-26(25(33)7-2)39-19(3)28-23(30)8-9-24(32)29(28)31)21-17-34-37(18-21)22-10-14-36(15-11-22)27(38)12-13-35(4)5/h6-9,16-20,22,33H,1-2,10-15H2,3-5H3/b26-16+,33-25?. The van der Waals surface area contributed by atoms with Gasteiger partial charge in [0.2, 0.25) is 5.91 Å². The number of rotatable bonds is 12. The largest absolute Gasteiger partial charge is 0.484 e. The Morgan fingerprint density at radius 2 is 2.00 bits per heavy atom. The zero-order valence-electron chi connectivity index (χ0n) is 22.7. The molecule has 1 aliphatic rings. The number of likely N-dealkylation sites (tertiary alicyclic amines) is 1. The van der Waals surface area contributed by atoms with Crippen LogP contribution in [0.2, 0.25) is 10.0 Å². The number of hydrogen-bond acceptors (Lipinski definition) is 5. The molecule has 1 saturated heterocycles. The molecule has 2 heterocycles. The Kier molecular flexibility index (Phi) is 10.9. The number of aromatic nitrogens is 2. The van der Waals surface area contributed by atoms with Crippen LogP contribution in [-0.2, 0) is 9.53 Å². The zero-order valence-corrected chi connectivity index (χ0v) is 24.2. The van der Waals surface area contributed by atoms with E-state index in [0.29, 0.717) is 25.1 Å². The number of halogens is 3. The first-order chi connectivity index (χ1) is 18.5. The molecule has 2 atom stereocenters. The number of nitrogens with one attached hydrogen (secondary N) is 1. The fraction of sp³-hybridized carbons (Fsp3) is 0.414. The van der Waals surface area contributed by atoms with Crippen molar-refractivity contribution < 1.29 is 13.9 Å². The number of carbonyl (C=O) groups is 1. The van der Waals surface area contributed by atoms with Crippen molar-refractivity contribution in [2.45, 2.75) is 44.2 Å². The Bertz CT molecular complexity index is 1230. The van der Waals surface area contributed by atoms with E-state index in [1.807, 2.05) is 34.8 Å². The molecule has 1 aromatic carbocycles. The minimum absolute atomic E-state index is 0.0519. The van der Waals surface area contributed by atoms with E-state index in [1.54, 1.807) is 25.3 Å². The zero-order chi connectivity index (χ0) is 28.7. The van der Waals surface area contributed by atoms with Gasteiger partial charge >= 0.3 is 0 Å². The van der Waals surface area contributed by atoms with Crippen LogP contribution in [0.25, 0.3) is 0 Å². The second-order valence-electron chi connectivity index (χ2n) is 9.85. The van der Waals surface area contributed by atoms with E-state index in [4.69, 9.17) is 33.3 Å². The van der Waals surface area contributed by atoms with Gasteiger partial charge in [-0.15, -0.1) is 6.58 Å². The number of carbonyl (C=O) groups excluding carboxylic acids is 1. The van der Waals surface area contributed by atoms with Crippen molar-refractivity contribution in [3.8, 4) is 0 Å². The van der Waals surface area contributed by atoms with E-state index >= 15 is 0 Å². The van der Waals surface area contributed by atoms with Gasteiger partial charge in [-0.25, -0.2) is 4.39 Å². The molecule has 1 aromatic heterocycles. The van der Waals surface area contributed by atoms with Crippen LogP contribution >= 0.6 is 23.2 Å². The maximum atomic E-state index is 14.1. The van der Waals surface area contributed by atoms with E-state index in [1.165, 1.54) is 18.2 Å². The van der Waals surface area contributed by atoms with Gasteiger partial charge in [-0.05, 0) is 58.1 Å². The lowest BCUT2D eigenvalue weighted by Gasteiger charge is -2.32. The molecule has 1 amide bonds. The molecule has 1 aliphatic heterocycles. The van der Waals surface area contributed by atoms with E-state index in [-0.39, 0.29) is 39.4 Å². The van der Waals surface area contributed by atoms with Crippen LogP contribution in [0.3, 0.4) is 0 Å². The summed E-state index contributed by atoms with van der Waals surface area (Å²) in [5.74, 6) is -0.494. The summed E-state index contributed by atoms with van der Waals surface area (Å²) in [7, 11) is 3.93. The van der Waals surface area contributed by atoms with Crippen molar-refractivity contribution in [2.24, 2.45) is 0 Å². The monoisotopic (exact) mass is 575 g/mol. The Balaban J connectivity index is 1.74. The summed E-state index contributed by atoms with van der Waals surface area (Å²) in [5, 5.41) is 13.1. The molecule has 0 bridgehead atoms. The first-order valence-corrected chi connectivity index (χ1v) is 13.6. The summed E-state index contributed by atoms with van der Waals surface area (Å²) in [6.07, 6.45) is 10.0. The molecule has 10 heteroatoms. The van der Waals surface area contributed by atoms with Crippen molar-refractivity contribution >= 4 is 34.8 Å². The van der Waals surface area contributed by atoms with Crippen LogP contribution in [0.4, 0.5) is 4.39 Å². The third kappa shape index (κ3) is 7.81. The van der Waals surface area contributed by atoms with Gasteiger partial charge < -0.3 is 14.5 Å². The van der Waals surface area contributed by atoms with E-state index in [9.17, 15) is 9.18 Å². The lowest BCUT2D eigenvalue weighted by molar-refractivity contribution is -0.132. The summed E-state index contributed by atoms with van der Waals surface area (Å²) in [4.78, 5) is 16.4. The summed E-state index contributed by atoms with van der Waals surface area (Å²) in [5.41, 5.74) is 1.23. The average molecular weight is 577 g/mol. The fourth-order valence-corrected chi connectivity index (χ4v) is 5.18. The predicted octanol–water partition coefficient (Wildman–Crippen LogP) is 6.58.